The minimum atomic E-state index is -4.42. The Labute approximate surface area is 96.7 Å². The molecular formula is C11H13F3N2O. The van der Waals surface area contributed by atoms with Crippen LogP contribution in [0.25, 0.3) is 0 Å². The van der Waals surface area contributed by atoms with Crippen LogP contribution in [0.3, 0.4) is 0 Å². The normalized spacial score (nSPS) is 17.9. The van der Waals surface area contributed by atoms with Gasteiger partial charge in [0.1, 0.15) is 11.5 Å². The molecule has 1 fully saturated rings. The molecule has 0 bridgehead atoms. The lowest BCUT2D eigenvalue weighted by atomic mass is 10.1. The Kier molecular flexibility index (Phi) is 2.99. The molecule has 1 aromatic rings. The Morgan fingerprint density at radius 2 is 2.06 bits per heavy atom. The fraction of sp³-hybridized carbons (Fsp3) is 0.545. The van der Waals surface area contributed by atoms with Gasteiger partial charge in [0.2, 0.25) is 0 Å². The summed E-state index contributed by atoms with van der Waals surface area (Å²) in [6.45, 7) is 0.511. The molecule has 2 rings (SSSR count). The number of halogens is 3. The van der Waals surface area contributed by atoms with Gasteiger partial charge in [-0.05, 0) is 25.0 Å². The van der Waals surface area contributed by atoms with Gasteiger partial charge >= 0.3 is 6.18 Å². The van der Waals surface area contributed by atoms with Crippen molar-refractivity contribution < 1.29 is 18.3 Å². The van der Waals surface area contributed by atoms with Crippen LogP contribution in [0, 0.1) is 5.41 Å². The molecule has 1 heterocycles. The van der Waals surface area contributed by atoms with Gasteiger partial charge in [-0.15, -0.1) is 0 Å². The molecular weight excluding hydrogens is 233 g/mol. The number of hydrogen-bond acceptors (Lipinski definition) is 3. The predicted octanol–water partition coefficient (Wildman–Crippen LogP) is 2.28. The second kappa shape index (κ2) is 4.18. The molecule has 0 atom stereocenters. The van der Waals surface area contributed by atoms with Crippen LogP contribution in [0.4, 0.5) is 19.0 Å². The van der Waals surface area contributed by atoms with Gasteiger partial charge in [0, 0.05) is 12.0 Å². The zero-order valence-corrected chi connectivity index (χ0v) is 9.09. The molecule has 6 heteroatoms. The molecule has 1 aromatic heterocycles. The minimum absolute atomic E-state index is 0.0545. The molecule has 0 saturated heterocycles. The van der Waals surface area contributed by atoms with Crippen LogP contribution in [0.15, 0.2) is 18.2 Å². The SMILES string of the molecule is OCC1(CNc2cccc(C(F)(F)F)n2)CC1. The maximum Gasteiger partial charge on any atom is 0.433 e. The largest absolute Gasteiger partial charge is 0.433 e. The van der Waals surface area contributed by atoms with Crippen LogP contribution in [-0.4, -0.2) is 23.2 Å². The van der Waals surface area contributed by atoms with E-state index < -0.39 is 11.9 Å². The highest BCUT2D eigenvalue weighted by molar-refractivity contribution is 5.36. The zero-order valence-electron chi connectivity index (χ0n) is 9.09. The van der Waals surface area contributed by atoms with Gasteiger partial charge in [-0.25, -0.2) is 4.98 Å². The first-order valence-electron chi connectivity index (χ1n) is 5.34. The van der Waals surface area contributed by atoms with Crippen LogP contribution in [0.1, 0.15) is 18.5 Å². The zero-order chi connectivity index (χ0) is 12.5. The van der Waals surface area contributed by atoms with Gasteiger partial charge in [-0.3, -0.25) is 0 Å². The van der Waals surface area contributed by atoms with Crippen LogP contribution < -0.4 is 5.32 Å². The quantitative estimate of drug-likeness (QED) is 0.856. The number of nitrogens with zero attached hydrogens (tertiary/aromatic N) is 1. The van der Waals surface area contributed by atoms with Crippen molar-refractivity contribution in [3.8, 4) is 0 Å². The molecule has 2 N–H and O–H groups in total. The lowest BCUT2D eigenvalue weighted by Gasteiger charge is -2.14. The van der Waals surface area contributed by atoms with E-state index >= 15 is 0 Å². The minimum Gasteiger partial charge on any atom is -0.396 e. The number of alkyl halides is 3. The highest BCUT2D eigenvalue weighted by atomic mass is 19.4. The van der Waals surface area contributed by atoms with Crippen molar-refractivity contribution in [2.45, 2.75) is 19.0 Å². The molecule has 0 unspecified atom stereocenters. The molecule has 1 saturated carbocycles. The smallest absolute Gasteiger partial charge is 0.396 e. The van der Waals surface area contributed by atoms with E-state index in [-0.39, 0.29) is 17.8 Å². The molecule has 3 nitrogen and oxygen atoms in total. The number of aromatic nitrogens is 1. The molecule has 0 aliphatic heterocycles. The van der Waals surface area contributed by atoms with Crippen molar-refractivity contribution in [1.82, 2.24) is 4.98 Å². The molecule has 17 heavy (non-hydrogen) atoms. The van der Waals surface area contributed by atoms with E-state index in [0.29, 0.717) is 6.54 Å². The number of anilines is 1. The van der Waals surface area contributed by atoms with Crippen molar-refractivity contribution in [2.75, 3.05) is 18.5 Å². The van der Waals surface area contributed by atoms with E-state index in [2.05, 4.69) is 10.3 Å². The van der Waals surface area contributed by atoms with Crippen molar-refractivity contribution in [3.63, 3.8) is 0 Å². The summed E-state index contributed by atoms with van der Waals surface area (Å²) < 4.78 is 37.2. The van der Waals surface area contributed by atoms with Crippen LogP contribution in [-0.2, 0) is 6.18 Å². The summed E-state index contributed by atoms with van der Waals surface area (Å²) in [6, 6.07) is 3.74. The summed E-state index contributed by atoms with van der Waals surface area (Å²) in [5.41, 5.74) is -1.06. The third kappa shape index (κ3) is 2.88. The third-order valence-electron chi connectivity index (χ3n) is 2.98. The molecule has 0 spiro atoms. The highest BCUT2D eigenvalue weighted by Gasteiger charge is 2.41. The molecule has 0 amide bonds. The van der Waals surface area contributed by atoms with E-state index in [4.69, 9.17) is 5.11 Å². The standard InChI is InChI=1S/C11H13F3N2O/c12-11(13,14)8-2-1-3-9(16-8)15-6-10(7-17)4-5-10/h1-3,17H,4-7H2,(H,15,16). The van der Waals surface area contributed by atoms with Crippen molar-refractivity contribution in [2.24, 2.45) is 5.41 Å². The van der Waals surface area contributed by atoms with E-state index in [1.165, 1.54) is 12.1 Å². The second-order valence-corrected chi connectivity index (χ2v) is 4.42. The number of nitrogens with one attached hydrogen (secondary N) is 1. The van der Waals surface area contributed by atoms with Gasteiger partial charge in [-0.1, -0.05) is 6.07 Å². The highest BCUT2D eigenvalue weighted by Crippen LogP contribution is 2.44. The first-order valence-corrected chi connectivity index (χ1v) is 5.34. The third-order valence-corrected chi connectivity index (χ3v) is 2.98. The Bertz CT molecular complexity index is 402. The summed E-state index contributed by atoms with van der Waals surface area (Å²) in [4.78, 5) is 3.49. The maximum atomic E-state index is 12.4. The second-order valence-electron chi connectivity index (χ2n) is 4.42. The number of rotatable bonds is 4. The Morgan fingerprint density at radius 1 is 1.35 bits per heavy atom. The summed E-state index contributed by atoms with van der Waals surface area (Å²) in [6.07, 6.45) is -2.63. The molecule has 0 aromatic carbocycles. The van der Waals surface area contributed by atoms with Gasteiger partial charge in [-0.2, -0.15) is 13.2 Å². The average molecular weight is 246 g/mol. The predicted molar refractivity (Wildman–Crippen MR) is 56.5 cm³/mol. The fourth-order valence-electron chi connectivity index (χ4n) is 1.54. The van der Waals surface area contributed by atoms with E-state index in [9.17, 15) is 13.2 Å². The number of pyridine rings is 1. The van der Waals surface area contributed by atoms with Crippen LogP contribution >= 0.6 is 0 Å². The molecule has 1 aliphatic rings. The average Bonchev–Trinajstić information content (AvgIpc) is 3.06. The first kappa shape index (κ1) is 12.2. The van der Waals surface area contributed by atoms with E-state index in [1.807, 2.05) is 0 Å². The first-order chi connectivity index (χ1) is 7.95. The van der Waals surface area contributed by atoms with Gasteiger partial charge in [0.25, 0.3) is 0 Å². The number of aliphatic hydroxyl groups excluding tert-OH is 1. The topological polar surface area (TPSA) is 45.1 Å². The fourth-order valence-corrected chi connectivity index (χ4v) is 1.54. The Hall–Kier alpha value is -1.30. The van der Waals surface area contributed by atoms with Gasteiger partial charge < -0.3 is 10.4 Å². The van der Waals surface area contributed by atoms with E-state index in [0.717, 1.165) is 18.9 Å². The number of aliphatic hydroxyl groups is 1. The van der Waals surface area contributed by atoms with Crippen molar-refractivity contribution in [1.29, 1.82) is 0 Å². The van der Waals surface area contributed by atoms with Crippen LogP contribution in [0.5, 0.6) is 0 Å². The summed E-state index contributed by atoms with van der Waals surface area (Å²) in [5.74, 6) is 0.194. The lowest BCUT2D eigenvalue weighted by molar-refractivity contribution is -0.141. The lowest BCUT2D eigenvalue weighted by Crippen LogP contribution is -2.20. The maximum absolute atomic E-state index is 12.4. The van der Waals surface area contributed by atoms with Crippen LogP contribution in [0.2, 0.25) is 0 Å². The monoisotopic (exact) mass is 246 g/mol. The summed E-state index contributed by atoms with van der Waals surface area (Å²) in [7, 11) is 0. The Morgan fingerprint density at radius 3 is 2.59 bits per heavy atom. The number of hydrogen-bond donors (Lipinski definition) is 2. The molecule has 94 valence electrons. The summed E-state index contributed by atoms with van der Waals surface area (Å²) in [5, 5.41) is 11.9. The van der Waals surface area contributed by atoms with Crippen molar-refractivity contribution >= 4 is 5.82 Å². The van der Waals surface area contributed by atoms with Crippen molar-refractivity contribution in [3.05, 3.63) is 23.9 Å². The molecule has 0 radical (unpaired) electrons. The summed E-state index contributed by atoms with van der Waals surface area (Å²) >= 11 is 0. The Balaban J connectivity index is 2.02. The van der Waals surface area contributed by atoms with Gasteiger partial charge in [0.15, 0.2) is 0 Å². The molecule has 1 aliphatic carbocycles. The van der Waals surface area contributed by atoms with E-state index in [1.54, 1.807) is 0 Å². The van der Waals surface area contributed by atoms with Gasteiger partial charge in [0.05, 0.1) is 6.61 Å².